The lowest BCUT2D eigenvalue weighted by Crippen LogP contribution is -2.39. The molecule has 3 saturated heterocycles. The first kappa shape index (κ1) is 20.4. The van der Waals surface area contributed by atoms with E-state index in [9.17, 15) is 9.59 Å². The van der Waals surface area contributed by atoms with E-state index in [1.807, 2.05) is 36.1 Å². The summed E-state index contributed by atoms with van der Waals surface area (Å²) in [5.41, 5.74) is 1.75. The van der Waals surface area contributed by atoms with Crippen LogP contribution < -0.4 is 20.3 Å². The Kier molecular flexibility index (Phi) is 4.98. The molecule has 1 aromatic carbocycles. The molecule has 6 rings (SSSR count). The van der Waals surface area contributed by atoms with Crippen LogP contribution in [0.25, 0.3) is 0 Å². The number of hydrogen-bond acceptors (Lipinski definition) is 5. The van der Waals surface area contributed by atoms with Crippen molar-refractivity contribution >= 4 is 18.3 Å². The summed E-state index contributed by atoms with van der Waals surface area (Å²) in [6.45, 7) is 3.97. The van der Waals surface area contributed by atoms with Crippen molar-refractivity contribution < 1.29 is 14.3 Å². The molecule has 7 nitrogen and oxygen atoms in total. The maximum atomic E-state index is 13.4. The Morgan fingerprint density at radius 1 is 1.10 bits per heavy atom. The average Bonchev–Trinajstić information content (AvgIpc) is 3.51. The van der Waals surface area contributed by atoms with Crippen molar-refractivity contribution in [2.75, 3.05) is 19.9 Å². The van der Waals surface area contributed by atoms with Gasteiger partial charge in [0.25, 0.3) is 11.5 Å². The first-order valence-corrected chi connectivity index (χ1v) is 10.7. The number of ether oxygens (including phenoxy) is 2. The number of carbonyl (C=O) groups is 1. The molecule has 2 bridgehead atoms. The van der Waals surface area contributed by atoms with Crippen LogP contribution in [0.3, 0.4) is 0 Å². The number of hydrogen-bond donors (Lipinski definition) is 1. The van der Waals surface area contributed by atoms with E-state index in [-0.39, 0.29) is 30.7 Å². The summed E-state index contributed by atoms with van der Waals surface area (Å²) in [7, 11) is 0. The first-order chi connectivity index (χ1) is 14.6. The molecule has 4 aliphatic heterocycles. The highest BCUT2D eigenvalue weighted by Crippen LogP contribution is 2.43. The fourth-order valence-electron chi connectivity index (χ4n) is 5.79. The molecule has 0 unspecified atom stereocenters. The smallest absolute Gasteiger partial charge is 0.263 e. The highest BCUT2D eigenvalue weighted by atomic mass is 35.5. The Morgan fingerprint density at radius 2 is 1.81 bits per heavy atom. The largest absolute Gasteiger partial charge is 0.454 e. The van der Waals surface area contributed by atoms with Crippen LogP contribution in [0.5, 0.6) is 11.5 Å². The number of carbonyl (C=O) groups excluding carboxylic acids is 1. The second-order valence-corrected chi connectivity index (χ2v) is 8.99. The summed E-state index contributed by atoms with van der Waals surface area (Å²) in [4.78, 5) is 28.5. The van der Waals surface area contributed by atoms with Gasteiger partial charge in [-0.3, -0.25) is 9.59 Å². The normalized spacial score (nSPS) is 27.3. The van der Waals surface area contributed by atoms with E-state index in [1.54, 1.807) is 10.8 Å². The molecule has 31 heavy (non-hydrogen) atoms. The molecule has 0 saturated carbocycles. The molecule has 1 N–H and O–H groups in total. The van der Waals surface area contributed by atoms with Crippen LogP contribution in [-0.2, 0) is 6.54 Å². The van der Waals surface area contributed by atoms with Gasteiger partial charge in [0.05, 0.1) is 6.54 Å². The zero-order chi connectivity index (χ0) is 20.4. The van der Waals surface area contributed by atoms with Crippen LogP contribution in [-0.4, -0.2) is 47.3 Å². The number of likely N-dealkylation sites (tertiary alicyclic amines) is 1. The number of aromatic nitrogens is 1. The van der Waals surface area contributed by atoms with Crippen LogP contribution in [0.4, 0.5) is 0 Å². The number of nitrogens with zero attached hydrogens (tertiary/aromatic N) is 2. The van der Waals surface area contributed by atoms with Crippen molar-refractivity contribution in [3.63, 3.8) is 0 Å². The van der Waals surface area contributed by atoms with E-state index in [0.29, 0.717) is 47.5 Å². The van der Waals surface area contributed by atoms with E-state index in [4.69, 9.17) is 9.47 Å². The van der Waals surface area contributed by atoms with Crippen molar-refractivity contribution in [3.8, 4) is 11.5 Å². The zero-order valence-electron chi connectivity index (χ0n) is 17.4. The minimum atomic E-state index is -0.226. The number of halogens is 1. The third-order valence-electron chi connectivity index (χ3n) is 7.33. The lowest BCUT2D eigenvalue weighted by Gasteiger charge is -2.20. The molecule has 0 spiro atoms. The zero-order valence-corrected chi connectivity index (χ0v) is 18.2. The van der Waals surface area contributed by atoms with Gasteiger partial charge in [0.15, 0.2) is 11.5 Å². The van der Waals surface area contributed by atoms with Gasteiger partial charge in [0, 0.05) is 31.4 Å². The van der Waals surface area contributed by atoms with Gasteiger partial charge < -0.3 is 24.3 Å². The predicted molar refractivity (Wildman–Crippen MR) is 117 cm³/mol. The highest BCUT2D eigenvalue weighted by molar-refractivity contribution is 5.95. The molecule has 2 aromatic rings. The van der Waals surface area contributed by atoms with Crippen LogP contribution >= 0.6 is 12.4 Å². The number of pyridine rings is 1. The SMILES string of the molecule is Cc1ccn(Cc2ccc3c(c2)OCO3)c(=O)c1C(=O)N1C[C@@H]2[C@H](C1)[C@@H]1CC[C@H]2N1.Cl. The quantitative estimate of drug-likeness (QED) is 0.787. The third-order valence-corrected chi connectivity index (χ3v) is 7.33. The fourth-order valence-corrected chi connectivity index (χ4v) is 5.79. The summed E-state index contributed by atoms with van der Waals surface area (Å²) in [6, 6.07) is 8.61. The Hall–Kier alpha value is -2.51. The maximum Gasteiger partial charge on any atom is 0.263 e. The predicted octanol–water partition coefficient (Wildman–Crippen LogP) is 2.18. The van der Waals surface area contributed by atoms with Crippen molar-refractivity contribution in [1.29, 1.82) is 0 Å². The van der Waals surface area contributed by atoms with Gasteiger partial charge in [-0.15, -0.1) is 12.4 Å². The Bertz CT molecular complexity index is 1080. The Morgan fingerprint density at radius 3 is 2.55 bits per heavy atom. The number of aryl methyl sites for hydroxylation is 1. The minimum Gasteiger partial charge on any atom is -0.454 e. The topological polar surface area (TPSA) is 72.8 Å². The van der Waals surface area contributed by atoms with Crippen LogP contribution in [0.2, 0.25) is 0 Å². The molecule has 8 heteroatoms. The molecular formula is C23H26ClN3O4. The lowest BCUT2D eigenvalue weighted by molar-refractivity contribution is 0.0775. The number of rotatable bonds is 3. The summed E-state index contributed by atoms with van der Waals surface area (Å²) in [5.74, 6) is 2.36. The summed E-state index contributed by atoms with van der Waals surface area (Å²) in [5, 5.41) is 3.68. The van der Waals surface area contributed by atoms with Gasteiger partial charge >= 0.3 is 0 Å². The van der Waals surface area contributed by atoms with Crippen molar-refractivity contribution in [2.24, 2.45) is 11.8 Å². The monoisotopic (exact) mass is 443 g/mol. The third kappa shape index (κ3) is 3.22. The summed E-state index contributed by atoms with van der Waals surface area (Å²) < 4.78 is 12.4. The van der Waals surface area contributed by atoms with Crippen molar-refractivity contribution in [2.45, 2.75) is 38.4 Å². The van der Waals surface area contributed by atoms with Crippen LogP contribution in [0.1, 0.15) is 34.3 Å². The number of fused-ring (bicyclic) bond motifs is 6. The maximum absolute atomic E-state index is 13.4. The van der Waals surface area contributed by atoms with Gasteiger partial charge in [-0.25, -0.2) is 0 Å². The first-order valence-electron chi connectivity index (χ1n) is 10.7. The number of benzene rings is 1. The molecule has 1 aromatic heterocycles. The van der Waals surface area contributed by atoms with Crippen molar-refractivity contribution in [1.82, 2.24) is 14.8 Å². The average molecular weight is 444 g/mol. The summed E-state index contributed by atoms with van der Waals surface area (Å²) in [6.07, 6.45) is 4.18. The Balaban J connectivity index is 0.00000204. The van der Waals surface area contributed by atoms with Gasteiger partial charge in [-0.2, -0.15) is 0 Å². The molecule has 3 fully saturated rings. The standard InChI is InChI=1S/C23H25N3O4.ClH/c1-13-6-7-25(9-14-2-5-19-20(8-14)30-12-29-19)22(27)21(13)23(28)26-10-15-16(11-26)18-4-3-17(15)24-18;/h2,5-8,15-18,24H,3-4,9-12H2,1H3;1H/t15-,16+,17-,18+;. The molecule has 0 aliphatic carbocycles. The molecule has 4 atom stereocenters. The van der Waals surface area contributed by atoms with Gasteiger partial charge in [-0.05, 0) is 60.9 Å². The second-order valence-electron chi connectivity index (χ2n) is 8.99. The van der Waals surface area contributed by atoms with E-state index in [2.05, 4.69) is 5.32 Å². The fraction of sp³-hybridized carbons (Fsp3) is 0.478. The van der Waals surface area contributed by atoms with Gasteiger partial charge in [0.2, 0.25) is 6.79 Å². The van der Waals surface area contributed by atoms with Crippen LogP contribution in [0, 0.1) is 18.8 Å². The van der Waals surface area contributed by atoms with E-state index in [1.165, 1.54) is 12.8 Å². The minimum absolute atomic E-state index is 0. The number of nitrogens with one attached hydrogen (secondary N) is 1. The lowest BCUT2D eigenvalue weighted by atomic mass is 9.82. The van der Waals surface area contributed by atoms with E-state index >= 15 is 0 Å². The number of amides is 1. The molecular weight excluding hydrogens is 418 g/mol. The summed E-state index contributed by atoms with van der Waals surface area (Å²) >= 11 is 0. The van der Waals surface area contributed by atoms with Gasteiger partial charge in [0.1, 0.15) is 5.56 Å². The molecule has 164 valence electrons. The molecule has 5 heterocycles. The van der Waals surface area contributed by atoms with E-state index < -0.39 is 0 Å². The second kappa shape index (κ2) is 7.57. The Labute approximate surface area is 186 Å². The highest BCUT2D eigenvalue weighted by Gasteiger charge is 2.52. The van der Waals surface area contributed by atoms with Crippen LogP contribution in [0.15, 0.2) is 35.3 Å². The molecule has 1 amide bonds. The molecule has 0 radical (unpaired) electrons. The van der Waals surface area contributed by atoms with Crippen molar-refractivity contribution in [3.05, 3.63) is 57.5 Å². The molecule has 4 aliphatic rings. The van der Waals surface area contributed by atoms with E-state index in [0.717, 1.165) is 24.2 Å². The van der Waals surface area contributed by atoms with Gasteiger partial charge in [-0.1, -0.05) is 6.07 Å².